The average Bonchev–Trinajstić information content (AvgIpc) is 2.10. The van der Waals surface area contributed by atoms with Crippen molar-refractivity contribution in [2.45, 2.75) is 46.6 Å². The second-order valence-corrected chi connectivity index (χ2v) is 6.00. The summed E-state index contributed by atoms with van der Waals surface area (Å²) in [6.45, 7) is 14.3. The fourth-order valence-electron chi connectivity index (χ4n) is 1.94. The molecule has 2 atom stereocenters. The summed E-state index contributed by atoms with van der Waals surface area (Å²) in [7, 11) is 0. The van der Waals surface area contributed by atoms with E-state index in [0.29, 0.717) is 0 Å². The van der Waals surface area contributed by atoms with Gasteiger partial charge >= 0.3 is 33.6 Å². The third-order valence-electron chi connectivity index (χ3n) is 2.88. The molecule has 0 bridgehead atoms. The van der Waals surface area contributed by atoms with Gasteiger partial charge in [0.2, 0.25) is 0 Å². The smallest absolute Gasteiger partial charge is 1.00 e. The molecule has 4 heteroatoms. The summed E-state index contributed by atoms with van der Waals surface area (Å²) in [5.74, 6) is -0.0517. The summed E-state index contributed by atoms with van der Waals surface area (Å²) >= 11 is 0. The largest absolute Gasteiger partial charge is 1.00 e. The molecule has 1 saturated heterocycles. The van der Waals surface area contributed by atoms with Crippen molar-refractivity contribution in [3.8, 4) is 0 Å². The van der Waals surface area contributed by atoms with Gasteiger partial charge in [-0.05, 0) is 32.6 Å². The molecule has 2 nitrogen and oxygen atoms in total. The number of cyclic esters (lactones) is 1. The van der Waals surface area contributed by atoms with Gasteiger partial charge in [-0.1, -0.05) is 20.8 Å². The molecule has 1 aliphatic rings. The third kappa shape index (κ3) is 4.79. The quantitative estimate of drug-likeness (QED) is 0.271. The van der Waals surface area contributed by atoms with E-state index in [9.17, 15) is 4.79 Å². The first-order valence-electron chi connectivity index (χ1n) is 5.19. The van der Waals surface area contributed by atoms with Crippen LogP contribution in [0.2, 0.25) is 0 Å². The monoisotopic (exact) mass is 526 g/mol. The van der Waals surface area contributed by atoms with Gasteiger partial charge in [-0.2, -0.15) is 0 Å². The van der Waals surface area contributed by atoms with Crippen LogP contribution < -0.4 is 24.0 Å². The van der Waals surface area contributed by atoms with Crippen LogP contribution in [0, 0.1) is 24.2 Å². The summed E-state index contributed by atoms with van der Waals surface area (Å²) in [6, 6.07) is 0. The van der Waals surface area contributed by atoms with Gasteiger partial charge in [-0.3, -0.25) is 4.79 Å². The van der Waals surface area contributed by atoms with Crippen LogP contribution >= 0.6 is 0 Å². The predicted octanol–water partition coefficient (Wildman–Crippen LogP) is -0.174. The van der Waals surface area contributed by atoms with Gasteiger partial charge in [0.1, 0.15) is 5.60 Å². The minimum Gasteiger partial charge on any atom is -1.00 e. The summed E-state index contributed by atoms with van der Waals surface area (Å²) < 4.78 is 5.32. The molecule has 0 unspecified atom stereocenters. The van der Waals surface area contributed by atoms with Crippen molar-refractivity contribution in [2.75, 3.05) is 0 Å². The average molecular weight is 525 g/mol. The zero-order valence-electron chi connectivity index (χ0n) is 11.0. The molecular weight excluding hydrogens is 504 g/mol. The molecule has 0 aliphatic carbocycles. The van der Waals surface area contributed by atoms with Gasteiger partial charge in [0.25, 0.3) is 0 Å². The summed E-state index contributed by atoms with van der Waals surface area (Å²) in [6.07, 6.45) is 0.851. The van der Waals surface area contributed by atoms with E-state index in [2.05, 4.69) is 27.7 Å². The van der Waals surface area contributed by atoms with Gasteiger partial charge in [0, 0.05) is 5.92 Å². The maximum atomic E-state index is 11.6. The summed E-state index contributed by atoms with van der Waals surface area (Å²) in [4.78, 5) is 11.6. The van der Waals surface area contributed by atoms with E-state index in [1.807, 2.05) is 13.8 Å². The predicted molar refractivity (Wildman–Crippen MR) is 56.6 cm³/mol. The SMILES string of the molecule is [CH2][C@@H]1[C@@H](CC(C)(C)C)C(=O)OC1(C)C.[Hg+].[I-]. The number of halogens is 1. The molecular formula is C12H21HgIO2. The minimum absolute atomic E-state index is 0. The Labute approximate surface area is 137 Å². The molecule has 0 aromatic heterocycles. The molecule has 1 heterocycles. The van der Waals surface area contributed by atoms with E-state index in [-0.39, 0.29) is 74.9 Å². The molecule has 1 rings (SSSR count). The van der Waals surface area contributed by atoms with Crippen molar-refractivity contribution >= 4 is 5.97 Å². The Morgan fingerprint density at radius 3 is 2.06 bits per heavy atom. The van der Waals surface area contributed by atoms with Crippen LogP contribution in [0.25, 0.3) is 0 Å². The van der Waals surface area contributed by atoms with Gasteiger partial charge in [-0.25, -0.2) is 0 Å². The third-order valence-corrected chi connectivity index (χ3v) is 2.88. The zero-order chi connectivity index (χ0) is 11.1. The zero-order valence-corrected chi connectivity index (χ0v) is 18.6. The second kappa shape index (κ2) is 6.35. The number of hydrogen-bond acceptors (Lipinski definition) is 2. The molecule has 16 heavy (non-hydrogen) atoms. The number of ether oxygens (including phenoxy) is 1. The molecule has 1 aliphatic heterocycles. The van der Waals surface area contributed by atoms with E-state index < -0.39 is 5.60 Å². The topological polar surface area (TPSA) is 26.3 Å². The Kier molecular flexibility index (Phi) is 7.72. The minimum atomic E-state index is -0.396. The van der Waals surface area contributed by atoms with E-state index in [4.69, 9.17) is 4.74 Å². The number of carbonyl (C=O) groups excluding carboxylic acids is 1. The van der Waals surface area contributed by atoms with Gasteiger partial charge in [0.15, 0.2) is 0 Å². The normalized spacial score (nSPS) is 27.8. The van der Waals surface area contributed by atoms with Crippen LogP contribution in [-0.4, -0.2) is 11.6 Å². The first kappa shape index (κ1) is 19.5. The molecule has 90 valence electrons. The maximum Gasteiger partial charge on any atom is 1.00 e. The maximum absolute atomic E-state index is 11.6. The first-order valence-corrected chi connectivity index (χ1v) is 5.19. The molecule has 0 N–H and O–H groups in total. The van der Waals surface area contributed by atoms with Crippen molar-refractivity contribution in [1.29, 1.82) is 0 Å². The van der Waals surface area contributed by atoms with Crippen LogP contribution in [0.3, 0.4) is 0 Å². The Balaban J connectivity index is 0. The number of esters is 1. The Bertz CT molecular complexity index is 246. The van der Waals surface area contributed by atoms with Gasteiger partial charge < -0.3 is 28.7 Å². The Hall–Kier alpha value is 1.14. The number of hydrogen-bond donors (Lipinski definition) is 0. The fraction of sp³-hybridized carbons (Fsp3) is 0.833. The number of rotatable bonds is 1. The molecule has 1 fully saturated rings. The molecule has 0 amide bonds. The molecule has 0 saturated carbocycles. The standard InChI is InChI=1S/C12H21O2.Hg.HI/c1-8-9(7-11(2,3)4)10(13)14-12(8,5)6;;/h8-9H,1,7H2,2-6H3;;1H/q;+1;/p-1/t8-,9-;;/m1../s1. The van der Waals surface area contributed by atoms with Gasteiger partial charge in [0.05, 0.1) is 5.92 Å². The molecule has 0 spiro atoms. The molecule has 0 aromatic rings. The van der Waals surface area contributed by atoms with E-state index in [1.165, 1.54) is 0 Å². The summed E-state index contributed by atoms with van der Waals surface area (Å²) in [5, 5.41) is 0. The second-order valence-electron chi connectivity index (χ2n) is 6.00. The van der Waals surface area contributed by atoms with Crippen LogP contribution in [-0.2, 0) is 37.2 Å². The van der Waals surface area contributed by atoms with Crippen LogP contribution in [0.4, 0.5) is 0 Å². The van der Waals surface area contributed by atoms with E-state index >= 15 is 0 Å². The fourth-order valence-corrected chi connectivity index (χ4v) is 1.94. The van der Waals surface area contributed by atoms with Crippen LogP contribution in [0.1, 0.15) is 41.0 Å². The molecule has 0 aromatic carbocycles. The van der Waals surface area contributed by atoms with Crippen LogP contribution in [0.15, 0.2) is 0 Å². The van der Waals surface area contributed by atoms with Crippen molar-refractivity contribution < 1.29 is 61.2 Å². The van der Waals surface area contributed by atoms with Crippen molar-refractivity contribution in [3.63, 3.8) is 0 Å². The van der Waals surface area contributed by atoms with E-state index in [0.717, 1.165) is 6.42 Å². The Morgan fingerprint density at radius 1 is 1.38 bits per heavy atom. The van der Waals surface area contributed by atoms with Gasteiger partial charge in [-0.15, -0.1) is 0 Å². The van der Waals surface area contributed by atoms with E-state index in [1.54, 1.807) is 0 Å². The van der Waals surface area contributed by atoms with Crippen molar-refractivity contribution in [2.24, 2.45) is 17.3 Å². The van der Waals surface area contributed by atoms with Crippen molar-refractivity contribution in [1.82, 2.24) is 0 Å². The molecule has 2 radical (unpaired) electrons. The Morgan fingerprint density at radius 2 is 1.81 bits per heavy atom. The van der Waals surface area contributed by atoms with Crippen LogP contribution in [0.5, 0.6) is 0 Å². The number of carbonyl (C=O) groups is 1. The van der Waals surface area contributed by atoms with Crippen molar-refractivity contribution in [3.05, 3.63) is 6.92 Å². The summed E-state index contributed by atoms with van der Waals surface area (Å²) in [5.41, 5.74) is -0.243. The first-order chi connectivity index (χ1) is 6.13.